The van der Waals surface area contributed by atoms with E-state index >= 15 is 0 Å². The van der Waals surface area contributed by atoms with Crippen LogP contribution in [0.5, 0.6) is 0 Å². The van der Waals surface area contributed by atoms with Gasteiger partial charge in [-0.3, -0.25) is 0 Å². The summed E-state index contributed by atoms with van der Waals surface area (Å²) in [4.78, 5) is 0. The highest BCUT2D eigenvalue weighted by molar-refractivity contribution is 6.40. The average Bonchev–Trinajstić information content (AvgIpc) is 4.21. The Labute approximate surface area is 376 Å². The zero-order valence-electron chi connectivity index (χ0n) is 35.8. The molecule has 8 aromatic carbocycles. The molecule has 8 aromatic rings. The van der Waals surface area contributed by atoms with Crippen molar-refractivity contribution in [3.8, 4) is 33.4 Å². The van der Waals surface area contributed by atoms with E-state index < -0.39 is 0 Å². The van der Waals surface area contributed by atoms with Crippen LogP contribution in [0.1, 0.15) is 72.3 Å². The van der Waals surface area contributed by atoms with Gasteiger partial charge in [0.2, 0.25) is 0 Å². The minimum Gasteiger partial charge on any atom is -0.0795 e. The maximum Gasteiger partial charge on any atom is -0.000104 e. The summed E-state index contributed by atoms with van der Waals surface area (Å²) in [5, 5.41) is 0. The molecule has 0 N–H and O–H groups in total. The Hall–Kier alpha value is -7.80. The Kier molecular flexibility index (Phi) is 8.43. The van der Waals surface area contributed by atoms with Crippen LogP contribution in [0, 0.1) is 6.92 Å². The van der Waals surface area contributed by atoms with Gasteiger partial charge in [-0.1, -0.05) is 194 Å². The quantitative estimate of drug-likeness (QED) is 0.150. The number of hydrogen-bond acceptors (Lipinski definition) is 0. The fourth-order valence-corrected chi connectivity index (χ4v) is 11.4. The minimum atomic E-state index is 0.971. The highest BCUT2D eigenvalue weighted by Crippen LogP contribution is 2.65. The summed E-state index contributed by atoms with van der Waals surface area (Å²) >= 11 is 0. The summed E-state index contributed by atoms with van der Waals surface area (Å²) in [6.07, 6.45) is 16.8. The number of rotatable bonds is 7. The summed E-state index contributed by atoms with van der Waals surface area (Å²) in [7, 11) is 0. The average molecular weight is 813 g/mol. The van der Waals surface area contributed by atoms with E-state index in [0.717, 1.165) is 19.3 Å². The van der Waals surface area contributed by atoms with E-state index in [1.165, 1.54) is 139 Å². The Morgan fingerprint density at radius 1 is 0.266 bits per heavy atom. The molecule has 0 aliphatic heterocycles. The van der Waals surface area contributed by atoms with E-state index in [9.17, 15) is 0 Å². The Bertz CT molecular complexity index is 3460. The van der Waals surface area contributed by atoms with Gasteiger partial charge in [-0.05, 0) is 184 Å². The molecular formula is C64H44. The van der Waals surface area contributed by atoms with E-state index in [0.29, 0.717) is 0 Å². The van der Waals surface area contributed by atoms with E-state index in [1.54, 1.807) is 0 Å². The summed E-state index contributed by atoms with van der Waals surface area (Å²) in [5.74, 6) is 0. The van der Waals surface area contributed by atoms with Gasteiger partial charge in [0.15, 0.2) is 0 Å². The van der Waals surface area contributed by atoms with E-state index in [-0.39, 0.29) is 0 Å². The zero-order valence-corrected chi connectivity index (χ0v) is 35.8. The van der Waals surface area contributed by atoms with Gasteiger partial charge in [-0.2, -0.15) is 0 Å². The lowest BCUT2D eigenvalue weighted by molar-refractivity contribution is 1.30. The first kappa shape index (κ1) is 36.8. The molecule has 0 nitrogen and oxygen atoms in total. The van der Waals surface area contributed by atoms with Gasteiger partial charge in [-0.15, -0.1) is 0 Å². The monoisotopic (exact) mass is 812 g/mol. The van der Waals surface area contributed by atoms with Gasteiger partial charge < -0.3 is 0 Å². The molecule has 13 rings (SSSR count). The first-order valence-electron chi connectivity index (χ1n) is 22.8. The molecule has 300 valence electrons. The number of allylic oxidation sites excluding steroid dienone is 8. The second kappa shape index (κ2) is 14.7. The maximum atomic E-state index is 2.48. The molecule has 0 amide bonds. The van der Waals surface area contributed by atoms with E-state index in [1.807, 2.05) is 0 Å². The highest BCUT2D eigenvalue weighted by atomic mass is 14.5. The SMILES string of the molecule is Cc1c2c(c(-c3ccccc3)c(-c3ccccc3)c1-c1ccccc1)C(c1ccc3c(c1)C=CC3)=C1C(c3ccc4c(c3)C=CC4)=C(c3ccc4c(c3)C=CC4)C(c3ccccc3)=C12. The van der Waals surface area contributed by atoms with Crippen molar-refractivity contribution < 1.29 is 0 Å². The fourth-order valence-electron chi connectivity index (χ4n) is 11.4. The van der Waals surface area contributed by atoms with E-state index in [4.69, 9.17) is 0 Å². The Balaban J connectivity index is 1.28. The molecule has 0 aromatic heterocycles. The predicted molar refractivity (Wildman–Crippen MR) is 271 cm³/mol. The largest absolute Gasteiger partial charge is 0.0795 e. The third-order valence-electron chi connectivity index (χ3n) is 14.2. The van der Waals surface area contributed by atoms with Crippen LogP contribution in [0.4, 0.5) is 0 Å². The molecular weight excluding hydrogens is 769 g/mol. The van der Waals surface area contributed by atoms with Crippen molar-refractivity contribution in [1.29, 1.82) is 0 Å². The molecule has 0 spiro atoms. The molecule has 64 heavy (non-hydrogen) atoms. The van der Waals surface area contributed by atoms with Crippen LogP contribution in [0.2, 0.25) is 0 Å². The van der Waals surface area contributed by atoms with Gasteiger partial charge in [0.1, 0.15) is 0 Å². The van der Waals surface area contributed by atoms with Crippen LogP contribution in [-0.4, -0.2) is 0 Å². The maximum absolute atomic E-state index is 2.48. The van der Waals surface area contributed by atoms with Gasteiger partial charge in [0.25, 0.3) is 0 Å². The molecule has 0 bridgehead atoms. The first-order valence-corrected chi connectivity index (χ1v) is 22.8. The van der Waals surface area contributed by atoms with Crippen molar-refractivity contribution in [2.45, 2.75) is 26.2 Å². The molecule has 0 heterocycles. The molecule has 0 heteroatoms. The van der Waals surface area contributed by atoms with Crippen molar-refractivity contribution >= 4 is 46.1 Å². The van der Waals surface area contributed by atoms with Crippen LogP contribution in [0.15, 0.2) is 200 Å². The second-order valence-corrected chi connectivity index (χ2v) is 17.8. The van der Waals surface area contributed by atoms with Crippen molar-refractivity contribution in [2.24, 2.45) is 0 Å². The smallest absolute Gasteiger partial charge is 0.000104 e. The lowest BCUT2D eigenvalue weighted by Crippen LogP contribution is -2.04. The van der Waals surface area contributed by atoms with Crippen LogP contribution < -0.4 is 0 Å². The summed E-state index contributed by atoms with van der Waals surface area (Å²) in [5.41, 5.74) is 32.4. The molecule has 5 aliphatic rings. The molecule has 0 saturated carbocycles. The van der Waals surface area contributed by atoms with Crippen molar-refractivity contribution in [2.75, 3.05) is 0 Å². The summed E-state index contributed by atoms with van der Waals surface area (Å²) in [6.45, 7) is 2.40. The third kappa shape index (κ3) is 5.62. The normalized spacial score (nSPS) is 15.0. The molecule has 5 aliphatic carbocycles. The first-order chi connectivity index (χ1) is 31.7. The second-order valence-electron chi connectivity index (χ2n) is 17.8. The van der Waals surface area contributed by atoms with Crippen molar-refractivity contribution in [3.63, 3.8) is 0 Å². The Morgan fingerprint density at radius 2 is 0.625 bits per heavy atom. The van der Waals surface area contributed by atoms with Crippen LogP contribution in [-0.2, 0) is 19.3 Å². The molecule has 0 radical (unpaired) electrons. The van der Waals surface area contributed by atoms with Crippen molar-refractivity contribution in [1.82, 2.24) is 0 Å². The lowest BCUT2D eigenvalue weighted by Gasteiger charge is -2.26. The minimum absolute atomic E-state index is 0.971. The predicted octanol–water partition coefficient (Wildman–Crippen LogP) is 16.1. The Morgan fingerprint density at radius 3 is 1.08 bits per heavy atom. The van der Waals surface area contributed by atoms with Gasteiger partial charge in [0.05, 0.1) is 0 Å². The summed E-state index contributed by atoms with van der Waals surface area (Å²) < 4.78 is 0. The number of hydrogen-bond donors (Lipinski definition) is 0. The molecule has 0 saturated heterocycles. The molecule has 0 unspecified atom stereocenters. The molecule has 0 atom stereocenters. The van der Waals surface area contributed by atoms with Crippen LogP contribution in [0.25, 0.3) is 79.5 Å². The van der Waals surface area contributed by atoms with Crippen molar-refractivity contribution in [3.05, 3.63) is 272 Å². The van der Waals surface area contributed by atoms with Crippen LogP contribution in [0.3, 0.4) is 0 Å². The number of fused-ring (bicyclic) bond motifs is 6. The van der Waals surface area contributed by atoms with Gasteiger partial charge in [-0.25, -0.2) is 0 Å². The summed E-state index contributed by atoms with van der Waals surface area (Å²) in [6, 6.07) is 66.5. The van der Waals surface area contributed by atoms with Crippen LogP contribution >= 0.6 is 0 Å². The van der Waals surface area contributed by atoms with Gasteiger partial charge in [0, 0.05) is 0 Å². The highest BCUT2D eigenvalue weighted by Gasteiger charge is 2.44. The lowest BCUT2D eigenvalue weighted by atomic mass is 9.76. The number of benzene rings is 8. The molecule has 0 fully saturated rings. The fraction of sp³-hybridized carbons (Fsp3) is 0.0625. The standard InChI is InChI=1S/C64H44/c1-40-54(44-17-6-2-7-18-44)56(45-19-8-3-9-20-45)57(46-21-10-4-11-22-46)62-55(40)63-58(47-23-12-5-13-24-47)59(51-34-31-41-25-14-28-48(41)37-51)60(52-35-32-42-26-15-29-49(42)38-52)64(63)61(62)53-36-33-43-27-16-30-50(43)39-53/h2-24,28-39H,25-27H2,1H3. The topological polar surface area (TPSA) is 0 Å². The third-order valence-corrected chi connectivity index (χ3v) is 14.2. The van der Waals surface area contributed by atoms with E-state index in [2.05, 4.69) is 219 Å². The zero-order chi connectivity index (χ0) is 42.3. The van der Waals surface area contributed by atoms with Gasteiger partial charge >= 0.3 is 0 Å².